The number of pyridine rings is 1. The molecule has 1 aliphatic carbocycles. The van der Waals surface area contributed by atoms with E-state index in [1.807, 2.05) is 13.0 Å². The lowest BCUT2D eigenvalue weighted by molar-refractivity contribution is -0.133. The molecule has 0 spiro atoms. The lowest BCUT2D eigenvalue weighted by atomic mass is 10.1. The third-order valence-corrected chi connectivity index (χ3v) is 5.21. The summed E-state index contributed by atoms with van der Waals surface area (Å²) in [5, 5.41) is 9.66. The fourth-order valence-electron chi connectivity index (χ4n) is 2.63. The molecule has 6 heteroatoms. The second kappa shape index (κ2) is 5.02. The molecule has 1 N–H and O–H groups in total. The smallest absolute Gasteiger partial charge is 0.313 e. The molecule has 2 aromatic rings. The van der Waals surface area contributed by atoms with Gasteiger partial charge in [-0.2, -0.15) is 0 Å². The predicted molar refractivity (Wildman–Crippen MR) is 82.5 cm³/mol. The van der Waals surface area contributed by atoms with E-state index in [9.17, 15) is 4.79 Å². The van der Waals surface area contributed by atoms with Crippen molar-refractivity contribution in [2.45, 2.75) is 38.9 Å². The highest BCUT2D eigenvalue weighted by atomic mass is 32.2. The maximum absolute atomic E-state index is 10.8. The molecule has 2 heterocycles. The Morgan fingerprint density at radius 2 is 2.29 bits per heavy atom. The minimum absolute atomic E-state index is 0.0242. The minimum atomic E-state index is -0.824. The highest BCUT2D eigenvalue weighted by Gasteiger charge is 2.45. The van der Waals surface area contributed by atoms with E-state index >= 15 is 0 Å². The Bertz CT molecular complexity index is 708. The van der Waals surface area contributed by atoms with Crippen LogP contribution in [0.3, 0.4) is 0 Å². The van der Waals surface area contributed by atoms with Gasteiger partial charge in [-0.3, -0.25) is 4.79 Å². The van der Waals surface area contributed by atoms with E-state index in [0.29, 0.717) is 11.3 Å². The number of aryl methyl sites for hydroxylation is 1. The lowest BCUT2D eigenvalue weighted by Crippen LogP contribution is -2.07. The third kappa shape index (κ3) is 2.77. The first kappa shape index (κ1) is 14.4. The van der Waals surface area contributed by atoms with E-state index in [-0.39, 0.29) is 5.75 Å². The van der Waals surface area contributed by atoms with Crippen molar-refractivity contribution in [2.24, 2.45) is 11.3 Å². The molecule has 112 valence electrons. The van der Waals surface area contributed by atoms with Gasteiger partial charge in [0, 0.05) is 12.7 Å². The van der Waals surface area contributed by atoms with Crippen LogP contribution in [0.4, 0.5) is 0 Å². The predicted octanol–water partition coefficient (Wildman–Crippen LogP) is 2.96. The Morgan fingerprint density at radius 3 is 2.90 bits per heavy atom. The highest BCUT2D eigenvalue weighted by molar-refractivity contribution is 7.99. The van der Waals surface area contributed by atoms with Crippen LogP contribution in [-0.4, -0.2) is 31.4 Å². The van der Waals surface area contributed by atoms with Crippen molar-refractivity contribution in [3.8, 4) is 0 Å². The van der Waals surface area contributed by atoms with Crippen LogP contribution in [0.25, 0.3) is 11.2 Å². The average molecular weight is 305 g/mol. The van der Waals surface area contributed by atoms with E-state index in [1.165, 1.54) is 18.2 Å². The standard InChI is InChI=1S/C15H19N3O2S/c1-9-4-5-16-13-12(9)17-14(21-8-11(19)20)18(13)7-10-6-15(10,2)3/h4-5,10H,6-8H2,1-3H3,(H,19,20). The molecule has 21 heavy (non-hydrogen) atoms. The van der Waals surface area contributed by atoms with Crippen molar-refractivity contribution in [1.82, 2.24) is 14.5 Å². The van der Waals surface area contributed by atoms with Crippen molar-refractivity contribution < 1.29 is 9.90 Å². The van der Waals surface area contributed by atoms with Gasteiger partial charge in [0.05, 0.1) is 5.75 Å². The molecule has 2 aromatic heterocycles. The van der Waals surface area contributed by atoms with Gasteiger partial charge in [0.15, 0.2) is 10.8 Å². The number of thioether (sulfide) groups is 1. The zero-order valence-corrected chi connectivity index (χ0v) is 13.3. The molecule has 0 amide bonds. The topological polar surface area (TPSA) is 68.0 Å². The number of fused-ring (bicyclic) bond motifs is 1. The molecule has 1 unspecified atom stereocenters. The summed E-state index contributed by atoms with van der Waals surface area (Å²) >= 11 is 1.27. The van der Waals surface area contributed by atoms with Crippen LogP contribution in [0.1, 0.15) is 25.8 Å². The molecular weight excluding hydrogens is 286 g/mol. The number of hydrogen-bond acceptors (Lipinski definition) is 4. The molecule has 0 aliphatic heterocycles. The second-order valence-corrected chi connectivity index (χ2v) is 7.32. The Kier molecular flexibility index (Phi) is 3.43. The largest absolute Gasteiger partial charge is 0.481 e. The summed E-state index contributed by atoms with van der Waals surface area (Å²) in [5.74, 6) is -0.187. The Hall–Kier alpha value is -1.56. The zero-order chi connectivity index (χ0) is 15.2. The number of hydrogen-bond donors (Lipinski definition) is 1. The molecule has 1 aliphatic rings. The first-order chi connectivity index (χ1) is 9.88. The van der Waals surface area contributed by atoms with Crippen LogP contribution in [-0.2, 0) is 11.3 Å². The van der Waals surface area contributed by atoms with Crippen LogP contribution in [0.15, 0.2) is 17.4 Å². The fraction of sp³-hybridized carbons (Fsp3) is 0.533. The number of carboxylic acid groups (broad SMARTS) is 1. The van der Waals surface area contributed by atoms with Gasteiger partial charge in [-0.1, -0.05) is 25.6 Å². The summed E-state index contributed by atoms with van der Waals surface area (Å²) < 4.78 is 2.09. The van der Waals surface area contributed by atoms with Crippen molar-refractivity contribution >= 4 is 28.9 Å². The van der Waals surface area contributed by atoms with E-state index in [2.05, 4.69) is 28.4 Å². The second-order valence-electron chi connectivity index (χ2n) is 6.38. The monoisotopic (exact) mass is 305 g/mol. The number of aromatic nitrogens is 3. The normalized spacial score (nSPS) is 19.9. The summed E-state index contributed by atoms with van der Waals surface area (Å²) in [6.07, 6.45) is 2.99. The van der Waals surface area contributed by atoms with E-state index in [4.69, 9.17) is 5.11 Å². The maximum atomic E-state index is 10.8. The van der Waals surface area contributed by atoms with Crippen molar-refractivity contribution in [1.29, 1.82) is 0 Å². The molecule has 0 aromatic carbocycles. The van der Waals surface area contributed by atoms with Crippen LogP contribution in [0.2, 0.25) is 0 Å². The van der Waals surface area contributed by atoms with Gasteiger partial charge in [0.1, 0.15) is 5.52 Å². The molecule has 0 saturated heterocycles. The molecule has 3 rings (SSSR count). The van der Waals surface area contributed by atoms with Gasteiger partial charge in [-0.15, -0.1) is 0 Å². The fourth-order valence-corrected chi connectivity index (χ4v) is 3.35. The van der Waals surface area contributed by atoms with E-state index in [0.717, 1.165) is 28.4 Å². The molecule has 1 fully saturated rings. The lowest BCUT2D eigenvalue weighted by Gasteiger charge is -2.09. The van der Waals surface area contributed by atoms with Gasteiger partial charge in [0.2, 0.25) is 0 Å². The van der Waals surface area contributed by atoms with Crippen LogP contribution >= 0.6 is 11.8 Å². The van der Waals surface area contributed by atoms with E-state index in [1.54, 1.807) is 6.20 Å². The molecule has 5 nitrogen and oxygen atoms in total. The van der Waals surface area contributed by atoms with Crippen LogP contribution in [0.5, 0.6) is 0 Å². The minimum Gasteiger partial charge on any atom is -0.481 e. The maximum Gasteiger partial charge on any atom is 0.313 e. The van der Waals surface area contributed by atoms with Gasteiger partial charge in [0.25, 0.3) is 0 Å². The van der Waals surface area contributed by atoms with Crippen LogP contribution in [0, 0.1) is 18.3 Å². The summed E-state index contributed by atoms with van der Waals surface area (Å²) in [4.78, 5) is 19.9. The SMILES string of the molecule is Cc1ccnc2c1nc(SCC(=O)O)n2CC1CC1(C)C. The number of nitrogens with zero attached hydrogens (tertiary/aromatic N) is 3. The average Bonchev–Trinajstić information content (AvgIpc) is 2.84. The van der Waals surface area contributed by atoms with Gasteiger partial charge < -0.3 is 9.67 Å². The van der Waals surface area contributed by atoms with Crippen molar-refractivity contribution in [2.75, 3.05) is 5.75 Å². The number of imidazole rings is 1. The summed E-state index contributed by atoms with van der Waals surface area (Å²) in [5.41, 5.74) is 3.19. The highest BCUT2D eigenvalue weighted by Crippen LogP contribution is 2.53. The van der Waals surface area contributed by atoms with Crippen LogP contribution < -0.4 is 0 Å². The summed E-state index contributed by atoms with van der Waals surface area (Å²) in [7, 11) is 0. The summed E-state index contributed by atoms with van der Waals surface area (Å²) in [6.45, 7) is 7.40. The summed E-state index contributed by atoms with van der Waals surface area (Å²) in [6, 6.07) is 1.94. The first-order valence-electron chi connectivity index (χ1n) is 7.05. The first-order valence-corrected chi connectivity index (χ1v) is 8.03. The molecule has 0 radical (unpaired) electrons. The third-order valence-electron chi connectivity index (χ3n) is 4.25. The van der Waals surface area contributed by atoms with Crippen molar-refractivity contribution in [3.05, 3.63) is 17.8 Å². The van der Waals surface area contributed by atoms with Gasteiger partial charge in [-0.05, 0) is 36.3 Å². The molecule has 0 bridgehead atoms. The number of aliphatic carboxylic acids is 1. The number of rotatable bonds is 5. The zero-order valence-electron chi connectivity index (χ0n) is 12.5. The molecule has 1 saturated carbocycles. The molecular formula is C15H19N3O2S. The van der Waals surface area contributed by atoms with Gasteiger partial charge >= 0.3 is 5.97 Å². The van der Waals surface area contributed by atoms with Crippen molar-refractivity contribution in [3.63, 3.8) is 0 Å². The molecule has 1 atom stereocenters. The Balaban J connectivity index is 1.98. The number of carboxylic acids is 1. The Morgan fingerprint density at radius 1 is 1.57 bits per heavy atom. The Labute approximate surface area is 127 Å². The number of carbonyl (C=O) groups is 1. The van der Waals surface area contributed by atoms with Gasteiger partial charge in [-0.25, -0.2) is 9.97 Å². The van der Waals surface area contributed by atoms with E-state index < -0.39 is 5.97 Å². The quantitative estimate of drug-likeness (QED) is 0.860.